The summed E-state index contributed by atoms with van der Waals surface area (Å²) in [6, 6.07) is 19.9. The fourth-order valence-electron chi connectivity index (χ4n) is 6.93. The van der Waals surface area contributed by atoms with Gasteiger partial charge in [-0.3, -0.25) is 19.4 Å². The third kappa shape index (κ3) is 6.52. The van der Waals surface area contributed by atoms with Crippen LogP contribution < -0.4 is 10.1 Å². The first-order valence-corrected chi connectivity index (χ1v) is 16.0. The van der Waals surface area contributed by atoms with Crippen molar-refractivity contribution in [2.75, 3.05) is 33.3 Å². The average molecular weight is 634 g/mol. The molecule has 1 N–H and O–H groups in total. The molecule has 2 unspecified atom stereocenters. The predicted molar refractivity (Wildman–Crippen MR) is 176 cm³/mol. The second kappa shape index (κ2) is 13.3. The highest BCUT2D eigenvalue weighted by Gasteiger charge is 2.39. The molecule has 230 valence electrons. The number of para-hydroxylation sites is 1. The summed E-state index contributed by atoms with van der Waals surface area (Å²) in [4.78, 5) is 31.3. The molecule has 3 heterocycles. The lowest BCUT2D eigenvalue weighted by molar-refractivity contribution is 0.0588. The van der Waals surface area contributed by atoms with Crippen LogP contribution in [0.3, 0.4) is 0 Å². The van der Waals surface area contributed by atoms with Gasteiger partial charge < -0.3 is 14.6 Å². The van der Waals surface area contributed by atoms with Crippen molar-refractivity contribution in [3.05, 3.63) is 99.2 Å². The first-order valence-electron chi connectivity index (χ1n) is 15.3. The van der Waals surface area contributed by atoms with Gasteiger partial charge >= 0.3 is 0 Å². The number of aryl methyl sites for hydroxylation is 2. The Balaban J connectivity index is 1.10. The molecular formula is C35H38Cl2N4O3. The maximum atomic E-state index is 13.4. The zero-order valence-electron chi connectivity index (χ0n) is 25.2. The van der Waals surface area contributed by atoms with Crippen LogP contribution in [0, 0.1) is 6.92 Å². The Labute approximate surface area is 268 Å². The van der Waals surface area contributed by atoms with Crippen molar-refractivity contribution in [1.82, 2.24) is 19.7 Å². The third-order valence-corrected chi connectivity index (χ3v) is 9.54. The number of ketones is 1. The predicted octanol–water partition coefficient (Wildman–Crippen LogP) is 6.62. The number of Topliss-reactive ketones (excluding diaryl/α,β-unsaturated/α-hetero) is 1. The van der Waals surface area contributed by atoms with Crippen molar-refractivity contribution in [3.63, 3.8) is 0 Å². The largest absolute Gasteiger partial charge is 0.495 e. The normalized spacial score (nSPS) is 18.5. The smallest absolute Gasteiger partial charge is 0.253 e. The van der Waals surface area contributed by atoms with Gasteiger partial charge in [0.1, 0.15) is 5.75 Å². The zero-order valence-corrected chi connectivity index (χ0v) is 26.7. The van der Waals surface area contributed by atoms with Crippen molar-refractivity contribution in [1.29, 1.82) is 0 Å². The molecule has 2 aliphatic rings. The summed E-state index contributed by atoms with van der Waals surface area (Å²) in [7, 11) is 1.67. The fourth-order valence-corrected chi connectivity index (χ4v) is 7.46. The molecule has 2 saturated heterocycles. The van der Waals surface area contributed by atoms with E-state index in [1.54, 1.807) is 25.3 Å². The van der Waals surface area contributed by atoms with E-state index in [4.69, 9.17) is 27.9 Å². The Morgan fingerprint density at radius 3 is 2.39 bits per heavy atom. The molecule has 3 aromatic carbocycles. The van der Waals surface area contributed by atoms with E-state index in [2.05, 4.69) is 32.7 Å². The second-order valence-electron chi connectivity index (χ2n) is 12.0. The number of amides is 1. The topological polar surface area (TPSA) is 66.8 Å². The van der Waals surface area contributed by atoms with Crippen molar-refractivity contribution >= 4 is 45.8 Å². The number of piperazine rings is 1. The van der Waals surface area contributed by atoms with Crippen molar-refractivity contribution in [3.8, 4) is 5.75 Å². The van der Waals surface area contributed by atoms with Crippen LogP contribution in [-0.4, -0.2) is 71.4 Å². The SMILES string of the molecule is COc1cccc2c(C(=O)NCc3ccccc3C)cn(CCCN3C4CCC3CN(CC(=O)c3cc(Cl)cc(Cl)c3)C4)c12. The summed E-state index contributed by atoms with van der Waals surface area (Å²) in [5.74, 6) is 0.725. The minimum Gasteiger partial charge on any atom is -0.495 e. The van der Waals surface area contributed by atoms with Gasteiger partial charge in [0.05, 0.1) is 24.7 Å². The molecule has 6 rings (SSSR count). The highest BCUT2D eigenvalue weighted by Crippen LogP contribution is 2.33. The highest BCUT2D eigenvalue weighted by atomic mass is 35.5. The van der Waals surface area contributed by atoms with Crippen LogP contribution in [0.1, 0.15) is 51.1 Å². The summed E-state index contributed by atoms with van der Waals surface area (Å²) in [6.45, 7) is 6.41. The molecule has 2 atom stereocenters. The third-order valence-electron chi connectivity index (χ3n) is 9.10. The number of aromatic nitrogens is 1. The molecular weight excluding hydrogens is 595 g/mol. The first kappa shape index (κ1) is 30.7. The molecule has 0 aliphatic carbocycles. The monoisotopic (exact) mass is 632 g/mol. The molecule has 2 bridgehead atoms. The number of likely N-dealkylation sites (tertiary alicyclic amines) is 1. The number of halogens is 2. The standard InChI is InChI=1S/C35H38Cl2N4O3/c1-23-7-3-4-8-24(23)18-38-35(43)31-21-40(34-30(31)9-5-10-33(34)44-2)13-6-14-41-28-11-12-29(41)20-39(19-28)22-32(42)25-15-26(36)17-27(37)16-25/h3-5,7-10,15-17,21,28-29H,6,11-14,18-20,22H2,1-2H3,(H,38,43). The van der Waals surface area contributed by atoms with Crippen LogP contribution in [0.5, 0.6) is 5.75 Å². The lowest BCUT2D eigenvalue weighted by Gasteiger charge is -2.41. The molecule has 2 aliphatic heterocycles. The Morgan fingerprint density at radius 2 is 1.68 bits per heavy atom. The van der Waals surface area contributed by atoms with Gasteiger partial charge in [0.25, 0.3) is 5.91 Å². The summed E-state index contributed by atoms with van der Waals surface area (Å²) >= 11 is 12.3. The molecule has 1 aromatic heterocycles. The Hall–Kier alpha value is -3.36. The molecule has 0 saturated carbocycles. The Bertz CT molecular complexity index is 1650. The maximum absolute atomic E-state index is 13.4. The van der Waals surface area contributed by atoms with Crippen LogP contribution in [0.15, 0.2) is 66.9 Å². The van der Waals surface area contributed by atoms with Crippen LogP contribution in [0.2, 0.25) is 10.0 Å². The quantitative estimate of drug-likeness (QED) is 0.188. The van der Waals surface area contributed by atoms with E-state index in [9.17, 15) is 9.59 Å². The minimum atomic E-state index is -0.0889. The number of nitrogens with one attached hydrogen (secondary N) is 1. The number of fused-ring (bicyclic) bond motifs is 3. The van der Waals surface area contributed by atoms with Gasteiger partial charge in [-0.15, -0.1) is 0 Å². The number of rotatable bonds is 11. The molecule has 2 fully saturated rings. The van der Waals surface area contributed by atoms with Crippen LogP contribution in [0.25, 0.3) is 10.9 Å². The Kier molecular flexibility index (Phi) is 9.29. The number of carbonyl (C=O) groups is 2. The van der Waals surface area contributed by atoms with Crippen LogP contribution in [-0.2, 0) is 13.1 Å². The van der Waals surface area contributed by atoms with Crippen molar-refractivity contribution < 1.29 is 14.3 Å². The number of benzene rings is 3. The van der Waals surface area contributed by atoms with E-state index in [1.807, 2.05) is 42.6 Å². The summed E-state index contributed by atoms with van der Waals surface area (Å²) in [6.07, 6.45) is 5.20. The van der Waals surface area contributed by atoms with E-state index in [1.165, 1.54) is 0 Å². The first-order chi connectivity index (χ1) is 21.3. The number of carbonyl (C=O) groups excluding carboxylic acids is 2. The van der Waals surface area contributed by atoms with Gasteiger partial charge in [-0.05, 0) is 61.6 Å². The molecule has 1 amide bonds. The summed E-state index contributed by atoms with van der Waals surface area (Å²) < 4.78 is 7.89. The zero-order chi connectivity index (χ0) is 30.8. The molecule has 44 heavy (non-hydrogen) atoms. The van der Waals surface area contributed by atoms with Gasteiger partial charge in [0.15, 0.2) is 5.78 Å². The van der Waals surface area contributed by atoms with Crippen LogP contribution in [0.4, 0.5) is 0 Å². The van der Waals surface area contributed by atoms with Crippen molar-refractivity contribution in [2.45, 2.75) is 51.4 Å². The number of ether oxygens (including phenoxy) is 1. The van der Waals surface area contributed by atoms with Gasteiger partial charge in [-0.25, -0.2) is 0 Å². The van der Waals surface area contributed by atoms with E-state index in [-0.39, 0.29) is 11.7 Å². The molecule has 7 nitrogen and oxygen atoms in total. The number of hydrogen-bond donors (Lipinski definition) is 1. The van der Waals surface area contributed by atoms with Gasteiger partial charge in [-0.2, -0.15) is 0 Å². The average Bonchev–Trinajstić information content (AvgIpc) is 3.49. The summed E-state index contributed by atoms with van der Waals surface area (Å²) in [5.41, 5.74) is 4.43. The maximum Gasteiger partial charge on any atom is 0.253 e. The molecule has 0 radical (unpaired) electrons. The minimum absolute atomic E-state index is 0.0504. The van der Waals surface area contributed by atoms with E-state index in [0.29, 0.717) is 46.3 Å². The summed E-state index contributed by atoms with van der Waals surface area (Å²) in [5, 5.41) is 4.97. The highest BCUT2D eigenvalue weighted by molar-refractivity contribution is 6.35. The number of methoxy groups -OCH3 is 1. The van der Waals surface area contributed by atoms with Gasteiger partial charge in [0.2, 0.25) is 0 Å². The Morgan fingerprint density at radius 1 is 0.955 bits per heavy atom. The lowest BCUT2D eigenvalue weighted by Crippen LogP contribution is -2.54. The second-order valence-corrected chi connectivity index (χ2v) is 12.8. The van der Waals surface area contributed by atoms with E-state index in [0.717, 1.165) is 73.2 Å². The molecule has 0 spiro atoms. The molecule has 4 aromatic rings. The number of hydrogen-bond acceptors (Lipinski definition) is 5. The van der Waals surface area contributed by atoms with Crippen LogP contribution >= 0.6 is 23.2 Å². The van der Waals surface area contributed by atoms with Gasteiger partial charge in [0, 0.05) is 72.0 Å². The number of nitrogens with zero attached hydrogens (tertiary/aromatic N) is 3. The van der Waals surface area contributed by atoms with Gasteiger partial charge in [-0.1, -0.05) is 59.6 Å². The fraction of sp³-hybridized carbons (Fsp3) is 0.371. The lowest BCUT2D eigenvalue weighted by atomic mass is 10.1. The van der Waals surface area contributed by atoms with E-state index >= 15 is 0 Å². The van der Waals surface area contributed by atoms with Crippen molar-refractivity contribution in [2.24, 2.45) is 0 Å². The molecule has 9 heteroatoms. The van der Waals surface area contributed by atoms with E-state index < -0.39 is 0 Å².